The fourth-order valence-corrected chi connectivity index (χ4v) is 2.46. The minimum absolute atomic E-state index is 0.0663. The number of nitro benzene ring substituents is 1. The van der Waals surface area contributed by atoms with Crippen LogP contribution in [0.25, 0.3) is 10.9 Å². The van der Waals surface area contributed by atoms with E-state index in [1.807, 2.05) is 0 Å². The van der Waals surface area contributed by atoms with Crippen LogP contribution in [0.5, 0.6) is 17.2 Å². The summed E-state index contributed by atoms with van der Waals surface area (Å²) < 4.78 is 16.0. The van der Waals surface area contributed by atoms with Crippen molar-refractivity contribution < 1.29 is 23.9 Å². The van der Waals surface area contributed by atoms with Gasteiger partial charge in [-0.05, 0) is 6.07 Å². The van der Waals surface area contributed by atoms with Gasteiger partial charge in [-0.15, -0.1) is 0 Å². The number of rotatable bonds is 5. The first kappa shape index (κ1) is 17.2. The Morgan fingerprint density at radius 1 is 1.08 bits per heavy atom. The molecule has 8 nitrogen and oxygen atoms in total. The lowest BCUT2D eigenvalue weighted by Gasteiger charge is -2.12. The molecule has 0 saturated heterocycles. The number of non-ortho nitro benzene ring substituents is 1. The molecule has 0 N–H and O–H groups in total. The maximum absolute atomic E-state index is 12.4. The minimum Gasteiger partial charge on any atom is -0.497 e. The van der Waals surface area contributed by atoms with Crippen LogP contribution < -0.4 is 14.2 Å². The molecule has 2 aromatic carbocycles. The number of ether oxygens (including phenoxy) is 3. The van der Waals surface area contributed by atoms with E-state index in [1.165, 1.54) is 44.7 Å². The van der Waals surface area contributed by atoms with Gasteiger partial charge in [0.25, 0.3) is 5.69 Å². The molecule has 1 aromatic heterocycles. The van der Waals surface area contributed by atoms with E-state index in [4.69, 9.17) is 14.2 Å². The van der Waals surface area contributed by atoms with Gasteiger partial charge in [-0.2, -0.15) is 0 Å². The van der Waals surface area contributed by atoms with Crippen LogP contribution in [0.2, 0.25) is 0 Å². The first-order chi connectivity index (χ1) is 12.5. The lowest BCUT2D eigenvalue weighted by molar-refractivity contribution is -0.384. The molecule has 0 amide bonds. The monoisotopic (exact) mass is 354 g/mol. The number of carbonyl (C=O) groups is 1. The van der Waals surface area contributed by atoms with Crippen molar-refractivity contribution in [1.29, 1.82) is 0 Å². The summed E-state index contributed by atoms with van der Waals surface area (Å²) >= 11 is 0. The Morgan fingerprint density at radius 2 is 1.88 bits per heavy atom. The Balaban J connectivity index is 2.02. The summed E-state index contributed by atoms with van der Waals surface area (Å²) in [4.78, 5) is 27.0. The number of nitro groups is 1. The SMILES string of the molecule is COc1cc(OC)c2c(OC(=O)c3cccc([N+](=O)[O-])c3)ccnc2c1. The molecule has 3 aromatic rings. The van der Waals surface area contributed by atoms with Crippen LogP contribution in [-0.4, -0.2) is 30.1 Å². The second kappa shape index (κ2) is 7.06. The highest BCUT2D eigenvalue weighted by atomic mass is 16.6. The third-order valence-electron chi connectivity index (χ3n) is 3.69. The number of nitrogens with zero attached hydrogens (tertiary/aromatic N) is 2. The molecule has 0 spiro atoms. The van der Waals surface area contributed by atoms with Gasteiger partial charge in [-0.25, -0.2) is 4.79 Å². The van der Waals surface area contributed by atoms with Gasteiger partial charge in [-0.3, -0.25) is 15.1 Å². The first-order valence-electron chi connectivity index (χ1n) is 7.51. The summed E-state index contributed by atoms with van der Waals surface area (Å²) in [5, 5.41) is 11.4. The Bertz CT molecular complexity index is 1000. The highest BCUT2D eigenvalue weighted by Gasteiger charge is 2.17. The first-order valence-corrected chi connectivity index (χ1v) is 7.51. The zero-order valence-electron chi connectivity index (χ0n) is 14.0. The minimum atomic E-state index is -0.723. The largest absolute Gasteiger partial charge is 0.497 e. The number of benzene rings is 2. The van der Waals surface area contributed by atoms with Crippen LogP contribution in [-0.2, 0) is 0 Å². The number of pyridine rings is 1. The van der Waals surface area contributed by atoms with Crippen molar-refractivity contribution in [1.82, 2.24) is 4.98 Å². The van der Waals surface area contributed by atoms with Crippen molar-refractivity contribution in [2.45, 2.75) is 0 Å². The van der Waals surface area contributed by atoms with Crippen LogP contribution in [0, 0.1) is 10.1 Å². The van der Waals surface area contributed by atoms with Crippen LogP contribution in [0.15, 0.2) is 48.7 Å². The third-order valence-corrected chi connectivity index (χ3v) is 3.69. The maximum atomic E-state index is 12.4. The van der Waals surface area contributed by atoms with Gasteiger partial charge in [-0.1, -0.05) is 6.07 Å². The predicted octanol–water partition coefficient (Wildman–Crippen LogP) is 3.38. The van der Waals surface area contributed by atoms with Gasteiger partial charge in [0.1, 0.15) is 17.2 Å². The molecule has 0 radical (unpaired) electrons. The maximum Gasteiger partial charge on any atom is 0.343 e. The average molecular weight is 354 g/mol. The van der Waals surface area contributed by atoms with Crippen molar-refractivity contribution in [2.24, 2.45) is 0 Å². The Hall–Kier alpha value is -3.68. The lowest BCUT2D eigenvalue weighted by atomic mass is 10.1. The number of fused-ring (bicyclic) bond motifs is 1. The highest BCUT2D eigenvalue weighted by molar-refractivity contribution is 5.97. The van der Waals surface area contributed by atoms with Crippen molar-refractivity contribution >= 4 is 22.6 Å². The predicted molar refractivity (Wildman–Crippen MR) is 92.9 cm³/mol. The fourth-order valence-electron chi connectivity index (χ4n) is 2.46. The van der Waals surface area contributed by atoms with Gasteiger partial charge in [0, 0.05) is 36.5 Å². The lowest BCUT2D eigenvalue weighted by Crippen LogP contribution is -2.09. The summed E-state index contributed by atoms with van der Waals surface area (Å²) in [6.45, 7) is 0. The number of hydrogen-bond donors (Lipinski definition) is 0. The summed E-state index contributed by atoms with van der Waals surface area (Å²) in [7, 11) is 3.00. The van der Waals surface area contributed by atoms with Crippen LogP contribution in [0.4, 0.5) is 5.69 Å². The molecule has 0 unspecified atom stereocenters. The molecule has 0 aliphatic rings. The molecule has 0 atom stereocenters. The smallest absolute Gasteiger partial charge is 0.343 e. The van der Waals surface area contributed by atoms with Crippen LogP contribution >= 0.6 is 0 Å². The number of aromatic nitrogens is 1. The quantitative estimate of drug-likeness (QED) is 0.393. The summed E-state index contributed by atoms with van der Waals surface area (Å²) in [6.07, 6.45) is 1.48. The second-order valence-corrected chi connectivity index (χ2v) is 5.23. The second-order valence-electron chi connectivity index (χ2n) is 5.23. The molecule has 3 rings (SSSR count). The van der Waals surface area contributed by atoms with Gasteiger partial charge >= 0.3 is 5.97 Å². The Kier molecular flexibility index (Phi) is 4.66. The highest BCUT2D eigenvalue weighted by Crippen LogP contribution is 2.36. The van der Waals surface area contributed by atoms with E-state index in [9.17, 15) is 14.9 Å². The molecule has 132 valence electrons. The molecule has 0 aliphatic heterocycles. The van der Waals surface area contributed by atoms with Gasteiger partial charge in [0.05, 0.1) is 35.6 Å². The van der Waals surface area contributed by atoms with E-state index < -0.39 is 10.9 Å². The van der Waals surface area contributed by atoms with Gasteiger partial charge < -0.3 is 14.2 Å². The van der Waals surface area contributed by atoms with Gasteiger partial charge in [0.2, 0.25) is 0 Å². The molecular weight excluding hydrogens is 340 g/mol. The summed E-state index contributed by atoms with van der Waals surface area (Å²) in [6, 6.07) is 10.2. The Morgan fingerprint density at radius 3 is 2.58 bits per heavy atom. The van der Waals surface area contributed by atoms with Gasteiger partial charge in [0.15, 0.2) is 0 Å². The molecule has 0 bridgehead atoms. The van der Waals surface area contributed by atoms with E-state index in [2.05, 4.69) is 4.98 Å². The molecule has 26 heavy (non-hydrogen) atoms. The van der Waals surface area contributed by atoms with E-state index >= 15 is 0 Å². The normalized spacial score (nSPS) is 10.4. The number of methoxy groups -OCH3 is 2. The van der Waals surface area contributed by atoms with E-state index in [1.54, 1.807) is 12.1 Å². The zero-order chi connectivity index (χ0) is 18.7. The van der Waals surface area contributed by atoms with E-state index in [-0.39, 0.29) is 17.0 Å². The number of hydrogen-bond acceptors (Lipinski definition) is 7. The summed E-state index contributed by atoms with van der Waals surface area (Å²) in [5.41, 5.74) is 0.392. The van der Waals surface area contributed by atoms with Crippen LogP contribution in [0.3, 0.4) is 0 Å². The van der Waals surface area contributed by atoms with Crippen LogP contribution in [0.1, 0.15) is 10.4 Å². The standard InChI is InChI=1S/C18H14N2O6/c1-24-13-9-14-17(16(10-13)25-2)15(6-7-19-14)26-18(21)11-4-3-5-12(8-11)20(22)23/h3-10H,1-2H3. The number of carbonyl (C=O) groups excluding carboxylic acids is 1. The molecule has 0 saturated carbocycles. The molecule has 8 heteroatoms. The molecular formula is C18H14N2O6. The Labute approximate surface area is 148 Å². The topological polar surface area (TPSA) is 101 Å². The van der Waals surface area contributed by atoms with Crippen molar-refractivity contribution in [3.8, 4) is 17.2 Å². The third kappa shape index (κ3) is 3.25. The van der Waals surface area contributed by atoms with E-state index in [0.29, 0.717) is 22.4 Å². The molecule has 1 heterocycles. The fraction of sp³-hybridized carbons (Fsp3) is 0.111. The average Bonchev–Trinajstić information content (AvgIpc) is 2.67. The van der Waals surface area contributed by atoms with Crippen molar-refractivity contribution in [2.75, 3.05) is 14.2 Å². The zero-order valence-corrected chi connectivity index (χ0v) is 14.0. The molecule has 0 aliphatic carbocycles. The van der Waals surface area contributed by atoms with E-state index in [0.717, 1.165) is 6.07 Å². The van der Waals surface area contributed by atoms with Crippen molar-refractivity contribution in [3.05, 3.63) is 64.3 Å². The molecule has 0 fully saturated rings. The number of esters is 1. The van der Waals surface area contributed by atoms with Crippen molar-refractivity contribution in [3.63, 3.8) is 0 Å². The summed E-state index contributed by atoms with van der Waals surface area (Å²) in [5.74, 6) is 0.475.